The van der Waals surface area contributed by atoms with Gasteiger partial charge in [-0.1, -0.05) is 23.7 Å². The number of benzene rings is 2. The maximum atomic E-state index is 13.5. The molecule has 1 amide bonds. The van der Waals surface area contributed by atoms with Gasteiger partial charge in [-0.2, -0.15) is 0 Å². The third kappa shape index (κ3) is 5.58. The van der Waals surface area contributed by atoms with Gasteiger partial charge in [-0.05, 0) is 56.1 Å². The molecule has 2 rings (SSSR count). The largest absolute Gasteiger partial charge is 0.496 e. The first-order valence-corrected chi connectivity index (χ1v) is 8.50. The number of carbonyl (C=O) groups excluding carboxylic acids is 1. The fourth-order valence-electron chi connectivity index (χ4n) is 2.57. The lowest BCUT2D eigenvalue weighted by molar-refractivity contribution is -0.116. The lowest BCUT2D eigenvalue weighted by atomic mass is 10.1. The van der Waals surface area contributed by atoms with Crippen LogP contribution in [-0.4, -0.2) is 38.6 Å². The zero-order valence-corrected chi connectivity index (χ0v) is 15.8. The Morgan fingerprint density at radius 1 is 1.31 bits per heavy atom. The molecule has 1 unspecified atom stereocenters. The number of hydrogen-bond donors (Lipinski definition) is 1. The third-order valence-electron chi connectivity index (χ3n) is 3.93. The molecule has 0 fully saturated rings. The van der Waals surface area contributed by atoms with E-state index < -0.39 is 0 Å². The number of nitrogens with one attached hydrogen (secondary N) is 1. The van der Waals surface area contributed by atoms with Crippen molar-refractivity contribution in [1.29, 1.82) is 0 Å². The number of halogens is 2. The van der Waals surface area contributed by atoms with Crippen molar-refractivity contribution in [3.63, 3.8) is 0 Å². The average Bonchev–Trinajstić information content (AvgIpc) is 2.60. The topological polar surface area (TPSA) is 41.6 Å². The summed E-state index contributed by atoms with van der Waals surface area (Å²) in [4.78, 5) is 14.1. The normalized spacial score (nSPS) is 12.4. The van der Waals surface area contributed by atoms with E-state index in [9.17, 15) is 9.18 Å². The molecule has 0 spiro atoms. The van der Waals surface area contributed by atoms with Gasteiger partial charge in [0.15, 0.2) is 0 Å². The minimum absolute atomic E-state index is 0.135. The molecule has 0 saturated carbocycles. The molecule has 2 aromatic rings. The maximum absolute atomic E-state index is 13.5. The minimum atomic E-state index is -0.298. The third-order valence-corrected chi connectivity index (χ3v) is 4.17. The fraction of sp³-hybridized carbons (Fsp3) is 0.250. The standard InChI is InChI=1S/C20H22ClFN2O2/c1-24(2)18(14-5-4-6-17(22)12-14)13-23-20(25)10-7-15-11-16(21)8-9-19(15)26-3/h4-12,18H,13H2,1-3H3,(H,23,25). The van der Waals surface area contributed by atoms with E-state index >= 15 is 0 Å². The van der Waals surface area contributed by atoms with Crippen LogP contribution in [-0.2, 0) is 4.79 Å². The molecular formula is C20H22ClFN2O2. The zero-order chi connectivity index (χ0) is 19.1. The average molecular weight is 377 g/mol. The Labute approximate surface area is 158 Å². The lowest BCUT2D eigenvalue weighted by Crippen LogP contribution is -2.33. The second-order valence-electron chi connectivity index (χ2n) is 6.00. The zero-order valence-electron chi connectivity index (χ0n) is 15.0. The molecule has 138 valence electrons. The van der Waals surface area contributed by atoms with Gasteiger partial charge in [0.1, 0.15) is 11.6 Å². The van der Waals surface area contributed by atoms with Crippen LogP contribution in [0.4, 0.5) is 4.39 Å². The molecule has 0 heterocycles. The fourth-order valence-corrected chi connectivity index (χ4v) is 2.75. The van der Waals surface area contributed by atoms with Gasteiger partial charge in [-0.3, -0.25) is 4.79 Å². The number of ether oxygens (including phenoxy) is 1. The van der Waals surface area contributed by atoms with Crippen LogP contribution >= 0.6 is 11.6 Å². The number of methoxy groups -OCH3 is 1. The molecule has 1 N–H and O–H groups in total. The van der Waals surface area contributed by atoms with Crippen LogP contribution in [0.3, 0.4) is 0 Å². The Balaban J connectivity index is 2.04. The van der Waals surface area contributed by atoms with Gasteiger partial charge < -0.3 is 15.0 Å². The van der Waals surface area contributed by atoms with Crippen molar-refractivity contribution in [3.05, 3.63) is 70.5 Å². The molecular weight excluding hydrogens is 355 g/mol. The SMILES string of the molecule is COc1ccc(Cl)cc1C=CC(=O)NCC(c1cccc(F)c1)N(C)C. The molecule has 0 saturated heterocycles. The van der Waals surface area contributed by atoms with Crippen molar-refractivity contribution in [3.8, 4) is 5.75 Å². The quantitative estimate of drug-likeness (QED) is 0.745. The van der Waals surface area contributed by atoms with Crippen LogP contribution in [0, 0.1) is 5.82 Å². The van der Waals surface area contributed by atoms with E-state index in [2.05, 4.69) is 5.32 Å². The van der Waals surface area contributed by atoms with Gasteiger partial charge in [0, 0.05) is 23.2 Å². The second kappa shape index (κ2) is 9.36. The summed E-state index contributed by atoms with van der Waals surface area (Å²) >= 11 is 5.98. The first-order chi connectivity index (χ1) is 12.4. The Hall–Kier alpha value is -2.37. The van der Waals surface area contributed by atoms with Crippen molar-refractivity contribution in [2.45, 2.75) is 6.04 Å². The molecule has 0 aromatic heterocycles. The van der Waals surface area contributed by atoms with E-state index in [1.165, 1.54) is 18.2 Å². The molecule has 0 aliphatic rings. The Morgan fingerprint density at radius 2 is 2.08 bits per heavy atom. The summed E-state index contributed by atoms with van der Waals surface area (Å²) in [7, 11) is 5.32. The van der Waals surface area contributed by atoms with Crippen molar-refractivity contribution in [2.24, 2.45) is 0 Å². The van der Waals surface area contributed by atoms with E-state index in [4.69, 9.17) is 16.3 Å². The van der Waals surface area contributed by atoms with Crippen molar-refractivity contribution < 1.29 is 13.9 Å². The summed E-state index contributed by atoms with van der Waals surface area (Å²) < 4.78 is 18.7. The smallest absolute Gasteiger partial charge is 0.244 e. The van der Waals surface area contributed by atoms with Gasteiger partial charge >= 0.3 is 0 Å². The number of likely N-dealkylation sites (N-methyl/N-ethyl adjacent to an activating group) is 1. The lowest BCUT2D eigenvalue weighted by Gasteiger charge is -2.25. The van der Waals surface area contributed by atoms with E-state index in [1.807, 2.05) is 25.1 Å². The van der Waals surface area contributed by atoms with E-state index in [0.717, 1.165) is 5.56 Å². The van der Waals surface area contributed by atoms with Crippen LogP contribution in [0.2, 0.25) is 5.02 Å². The van der Waals surface area contributed by atoms with Crippen LogP contribution in [0.1, 0.15) is 17.2 Å². The molecule has 1 atom stereocenters. The van der Waals surface area contributed by atoms with Crippen LogP contribution in [0.25, 0.3) is 6.08 Å². The van der Waals surface area contributed by atoms with Crippen LogP contribution < -0.4 is 10.1 Å². The number of carbonyl (C=O) groups is 1. The highest BCUT2D eigenvalue weighted by atomic mass is 35.5. The summed E-state index contributed by atoms with van der Waals surface area (Å²) in [5.74, 6) is 0.0771. The molecule has 0 radical (unpaired) electrons. The Bertz CT molecular complexity index is 793. The van der Waals surface area contributed by atoms with Crippen molar-refractivity contribution >= 4 is 23.6 Å². The van der Waals surface area contributed by atoms with Crippen LogP contribution in [0.15, 0.2) is 48.5 Å². The monoisotopic (exact) mass is 376 g/mol. The first kappa shape index (κ1) is 19.9. The molecule has 0 aliphatic heterocycles. The van der Waals surface area contributed by atoms with Gasteiger partial charge in [-0.15, -0.1) is 0 Å². The van der Waals surface area contributed by atoms with Crippen LogP contribution in [0.5, 0.6) is 5.75 Å². The van der Waals surface area contributed by atoms with Gasteiger partial charge in [0.25, 0.3) is 0 Å². The molecule has 4 nitrogen and oxygen atoms in total. The van der Waals surface area contributed by atoms with E-state index in [1.54, 1.807) is 37.5 Å². The molecule has 26 heavy (non-hydrogen) atoms. The van der Waals surface area contributed by atoms with Gasteiger partial charge in [0.2, 0.25) is 5.91 Å². The number of amides is 1. The van der Waals surface area contributed by atoms with E-state index in [-0.39, 0.29) is 17.8 Å². The Kier molecular flexibility index (Phi) is 7.18. The Morgan fingerprint density at radius 3 is 2.73 bits per heavy atom. The highest BCUT2D eigenvalue weighted by molar-refractivity contribution is 6.30. The predicted molar refractivity (Wildman–Crippen MR) is 103 cm³/mol. The summed E-state index contributed by atoms with van der Waals surface area (Å²) in [6.07, 6.45) is 3.07. The number of rotatable bonds is 7. The molecule has 0 bridgehead atoms. The van der Waals surface area contributed by atoms with Gasteiger partial charge in [0.05, 0.1) is 13.2 Å². The van der Waals surface area contributed by atoms with Crippen molar-refractivity contribution in [1.82, 2.24) is 10.2 Å². The summed E-state index contributed by atoms with van der Waals surface area (Å²) in [6, 6.07) is 11.4. The van der Waals surface area contributed by atoms with E-state index in [0.29, 0.717) is 22.9 Å². The molecule has 0 aliphatic carbocycles. The number of hydrogen-bond acceptors (Lipinski definition) is 3. The minimum Gasteiger partial charge on any atom is -0.496 e. The summed E-state index contributed by atoms with van der Waals surface area (Å²) in [5.41, 5.74) is 1.51. The number of nitrogens with zero attached hydrogens (tertiary/aromatic N) is 1. The first-order valence-electron chi connectivity index (χ1n) is 8.12. The summed E-state index contributed by atoms with van der Waals surface area (Å²) in [6.45, 7) is 0.353. The highest BCUT2D eigenvalue weighted by Gasteiger charge is 2.15. The second-order valence-corrected chi connectivity index (χ2v) is 6.44. The maximum Gasteiger partial charge on any atom is 0.244 e. The van der Waals surface area contributed by atoms with Crippen molar-refractivity contribution in [2.75, 3.05) is 27.7 Å². The van der Waals surface area contributed by atoms with Gasteiger partial charge in [-0.25, -0.2) is 4.39 Å². The summed E-state index contributed by atoms with van der Waals surface area (Å²) in [5, 5.41) is 3.40. The highest BCUT2D eigenvalue weighted by Crippen LogP contribution is 2.23. The molecule has 2 aromatic carbocycles. The predicted octanol–water partition coefficient (Wildman–Crippen LogP) is 3.92. The molecule has 6 heteroatoms.